The van der Waals surface area contributed by atoms with E-state index in [4.69, 9.17) is 16.9 Å². The molecule has 2 aromatic carbocycles. The molecule has 0 saturated carbocycles. The summed E-state index contributed by atoms with van der Waals surface area (Å²) in [6, 6.07) is 13.3. The summed E-state index contributed by atoms with van der Waals surface area (Å²) in [5.41, 5.74) is 2.70. The Bertz CT molecular complexity index is 815. The van der Waals surface area contributed by atoms with Crippen LogP contribution in [0.3, 0.4) is 0 Å². The van der Waals surface area contributed by atoms with Crippen LogP contribution in [-0.4, -0.2) is 31.1 Å². The first kappa shape index (κ1) is 17.7. The Labute approximate surface area is 153 Å². The largest absolute Gasteiger partial charge is 0.363 e. The molecule has 1 saturated heterocycles. The monoisotopic (exact) mass is 357 g/mol. The lowest BCUT2D eigenvalue weighted by Gasteiger charge is -2.32. The number of likely N-dealkylation sites (N-methyl/N-ethyl adjacent to an activating group) is 1. The third-order valence-electron chi connectivity index (χ3n) is 4.82. The molecule has 3 nitrogen and oxygen atoms in total. The Morgan fingerprint density at radius 3 is 2.80 bits per heavy atom. The zero-order valence-electron chi connectivity index (χ0n) is 14.5. The highest BCUT2D eigenvalue weighted by molar-refractivity contribution is 6.32. The summed E-state index contributed by atoms with van der Waals surface area (Å²) in [5, 5.41) is 9.52. The van der Waals surface area contributed by atoms with E-state index in [1.165, 1.54) is 0 Å². The van der Waals surface area contributed by atoms with Gasteiger partial charge in [0.15, 0.2) is 0 Å². The van der Waals surface area contributed by atoms with Crippen LogP contribution in [0.2, 0.25) is 5.02 Å². The van der Waals surface area contributed by atoms with Crippen LogP contribution in [0.25, 0.3) is 0 Å². The van der Waals surface area contributed by atoms with Crippen LogP contribution in [0.4, 0.5) is 10.1 Å². The Morgan fingerprint density at radius 1 is 1.36 bits per heavy atom. The minimum atomic E-state index is -0.154. The van der Waals surface area contributed by atoms with E-state index in [1.54, 1.807) is 19.1 Å². The quantitative estimate of drug-likeness (QED) is 0.814. The van der Waals surface area contributed by atoms with Gasteiger partial charge in [-0.25, -0.2) is 4.39 Å². The van der Waals surface area contributed by atoms with Gasteiger partial charge < -0.3 is 9.80 Å². The molecule has 0 aromatic heterocycles. The SMILES string of the molecule is Cc1cccc(CN(c2ccc(C#N)c(Cl)c2)[C@H]2CCN(C)C2)c1F. The van der Waals surface area contributed by atoms with Gasteiger partial charge in [-0.05, 0) is 50.7 Å². The number of halogens is 2. The fraction of sp³-hybridized carbons (Fsp3) is 0.350. The number of nitriles is 1. The molecule has 1 aliphatic rings. The van der Waals surface area contributed by atoms with Crippen molar-refractivity contribution in [1.29, 1.82) is 5.26 Å². The Balaban J connectivity index is 1.97. The molecule has 0 N–H and O–H groups in total. The summed E-state index contributed by atoms with van der Waals surface area (Å²) in [6.07, 6.45) is 1.02. The molecule has 1 fully saturated rings. The summed E-state index contributed by atoms with van der Waals surface area (Å²) in [4.78, 5) is 4.48. The molecule has 1 heterocycles. The van der Waals surface area contributed by atoms with E-state index in [1.807, 2.05) is 24.3 Å². The molecule has 0 spiro atoms. The number of aryl methyl sites for hydroxylation is 1. The van der Waals surface area contributed by atoms with Crippen molar-refractivity contribution in [3.63, 3.8) is 0 Å². The molecule has 0 aliphatic carbocycles. The van der Waals surface area contributed by atoms with Crippen LogP contribution in [0, 0.1) is 24.1 Å². The number of anilines is 1. The maximum Gasteiger partial charge on any atom is 0.131 e. The molecule has 3 rings (SSSR count). The van der Waals surface area contributed by atoms with Gasteiger partial charge in [0, 0.05) is 30.4 Å². The topological polar surface area (TPSA) is 30.3 Å². The third-order valence-corrected chi connectivity index (χ3v) is 5.14. The van der Waals surface area contributed by atoms with Gasteiger partial charge in [0.1, 0.15) is 11.9 Å². The molecule has 25 heavy (non-hydrogen) atoms. The summed E-state index contributed by atoms with van der Waals surface area (Å²) < 4.78 is 14.5. The minimum absolute atomic E-state index is 0.154. The Kier molecular flexibility index (Phi) is 5.27. The summed E-state index contributed by atoms with van der Waals surface area (Å²) in [6.45, 7) is 4.20. The predicted octanol–water partition coefficient (Wildman–Crippen LogP) is 4.37. The van der Waals surface area contributed by atoms with Crippen molar-refractivity contribution in [2.45, 2.75) is 25.9 Å². The van der Waals surface area contributed by atoms with Crippen molar-refractivity contribution in [3.05, 3.63) is 63.9 Å². The smallest absolute Gasteiger partial charge is 0.131 e. The summed E-state index contributed by atoms with van der Waals surface area (Å²) >= 11 is 6.23. The van der Waals surface area contributed by atoms with Crippen molar-refractivity contribution in [1.82, 2.24) is 4.90 Å². The van der Waals surface area contributed by atoms with Crippen LogP contribution < -0.4 is 4.90 Å². The van der Waals surface area contributed by atoms with E-state index >= 15 is 0 Å². The first-order chi connectivity index (χ1) is 12.0. The van der Waals surface area contributed by atoms with Gasteiger partial charge in [0.05, 0.1) is 10.6 Å². The number of nitrogens with zero attached hydrogens (tertiary/aromatic N) is 3. The molecule has 0 amide bonds. The first-order valence-electron chi connectivity index (χ1n) is 8.38. The second-order valence-electron chi connectivity index (χ2n) is 6.66. The maximum absolute atomic E-state index is 14.5. The van der Waals surface area contributed by atoms with Crippen LogP contribution in [-0.2, 0) is 6.54 Å². The van der Waals surface area contributed by atoms with Gasteiger partial charge in [-0.15, -0.1) is 0 Å². The lowest BCUT2D eigenvalue weighted by molar-refractivity contribution is 0.407. The Hall–Kier alpha value is -2.09. The van der Waals surface area contributed by atoms with Crippen molar-refractivity contribution in [2.75, 3.05) is 25.0 Å². The second kappa shape index (κ2) is 7.43. The normalized spacial score (nSPS) is 17.5. The average Bonchev–Trinajstić information content (AvgIpc) is 3.02. The van der Waals surface area contributed by atoms with Gasteiger partial charge in [-0.2, -0.15) is 5.26 Å². The van der Waals surface area contributed by atoms with Crippen molar-refractivity contribution in [2.24, 2.45) is 0 Å². The van der Waals surface area contributed by atoms with E-state index in [-0.39, 0.29) is 11.9 Å². The molecule has 2 aromatic rings. The first-order valence-corrected chi connectivity index (χ1v) is 8.76. The number of hydrogen-bond donors (Lipinski definition) is 0. The van der Waals surface area contributed by atoms with E-state index in [0.29, 0.717) is 28.3 Å². The summed E-state index contributed by atoms with van der Waals surface area (Å²) in [5.74, 6) is -0.154. The van der Waals surface area contributed by atoms with Crippen LogP contribution in [0.5, 0.6) is 0 Å². The summed E-state index contributed by atoms with van der Waals surface area (Å²) in [7, 11) is 2.09. The fourth-order valence-electron chi connectivity index (χ4n) is 3.38. The molecular formula is C20H21ClFN3. The molecule has 0 bridgehead atoms. The molecule has 1 aliphatic heterocycles. The molecular weight excluding hydrogens is 337 g/mol. The van der Waals surface area contributed by atoms with Crippen molar-refractivity contribution >= 4 is 17.3 Å². The lowest BCUT2D eigenvalue weighted by Crippen LogP contribution is -2.37. The van der Waals surface area contributed by atoms with Gasteiger partial charge in [0.25, 0.3) is 0 Å². The minimum Gasteiger partial charge on any atom is -0.363 e. The highest BCUT2D eigenvalue weighted by atomic mass is 35.5. The zero-order valence-corrected chi connectivity index (χ0v) is 15.2. The van der Waals surface area contributed by atoms with Gasteiger partial charge in [-0.3, -0.25) is 0 Å². The van der Waals surface area contributed by atoms with E-state index in [0.717, 1.165) is 25.2 Å². The zero-order chi connectivity index (χ0) is 18.0. The number of likely N-dealkylation sites (tertiary alicyclic amines) is 1. The van der Waals surface area contributed by atoms with E-state index in [9.17, 15) is 4.39 Å². The third kappa shape index (κ3) is 3.78. The highest BCUT2D eigenvalue weighted by Crippen LogP contribution is 2.29. The predicted molar refractivity (Wildman–Crippen MR) is 99.4 cm³/mol. The molecule has 1 atom stereocenters. The average molecular weight is 358 g/mol. The molecule has 130 valence electrons. The van der Waals surface area contributed by atoms with E-state index in [2.05, 4.69) is 22.9 Å². The Morgan fingerprint density at radius 2 is 2.16 bits per heavy atom. The lowest BCUT2D eigenvalue weighted by atomic mass is 10.1. The highest BCUT2D eigenvalue weighted by Gasteiger charge is 2.27. The van der Waals surface area contributed by atoms with Crippen molar-refractivity contribution < 1.29 is 4.39 Å². The van der Waals surface area contributed by atoms with Gasteiger partial charge >= 0.3 is 0 Å². The molecule has 0 radical (unpaired) electrons. The number of hydrogen-bond acceptors (Lipinski definition) is 3. The van der Waals surface area contributed by atoms with Crippen LogP contribution in [0.15, 0.2) is 36.4 Å². The van der Waals surface area contributed by atoms with Gasteiger partial charge in [0.2, 0.25) is 0 Å². The van der Waals surface area contributed by atoms with Crippen LogP contribution >= 0.6 is 11.6 Å². The fourth-order valence-corrected chi connectivity index (χ4v) is 3.60. The van der Waals surface area contributed by atoms with Crippen LogP contribution in [0.1, 0.15) is 23.1 Å². The standard InChI is InChI=1S/C20H21ClFN3/c1-14-4-3-5-16(20(14)22)12-25(18-8-9-24(2)13-18)17-7-6-15(11-23)19(21)10-17/h3-7,10,18H,8-9,12-13H2,1-2H3/t18-/m0/s1. The van der Waals surface area contributed by atoms with Gasteiger partial charge in [-0.1, -0.05) is 29.8 Å². The number of benzene rings is 2. The van der Waals surface area contributed by atoms with Crippen molar-refractivity contribution in [3.8, 4) is 6.07 Å². The molecule has 5 heteroatoms. The maximum atomic E-state index is 14.5. The number of rotatable bonds is 4. The van der Waals surface area contributed by atoms with E-state index < -0.39 is 0 Å². The molecule has 0 unspecified atom stereocenters. The second-order valence-corrected chi connectivity index (χ2v) is 7.06.